The van der Waals surface area contributed by atoms with Crippen molar-refractivity contribution in [2.45, 2.75) is 25.1 Å². The normalized spacial score (nSPS) is 20.1. The Morgan fingerprint density at radius 3 is 2.57 bits per heavy atom. The second-order valence-corrected chi connectivity index (χ2v) is 7.09. The summed E-state index contributed by atoms with van der Waals surface area (Å²) >= 11 is 0. The number of benzene rings is 1. The number of hydrogen-bond acceptors (Lipinski definition) is 3. The van der Waals surface area contributed by atoms with E-state index in [1.165, 1.54) is 0 Å². The van der Waals surface area contributed by atoms with Crippen LogP contribution in [-0.2, 0) is 16.6 Å². The van der Waals surface area contributed by atoms with Gasteiger partial charge in [-0.1, -0.05) is 6.92 Å². The molecule has 2 rings (SSSR count). The average molecular weight is 322 g/mol. The van der Waals surface area contributed by atoms with Crippen LogP contribution < -0.4 is 4.72 Å². The molecule has 1 N–H and O–H groups in total. The third-order valence-electron chi connectivity index (χ3n) is 3.50. The minimum Gasteiger partial charge on any atom is -0.298 e. The van der Waals surface area contributed by atoms with Crippen LogP contribution in [0.15, 0.2) is 12.1 Å². The Kier molecular flexibility index (Phi) is 4.90. The van der Waals surface area contributed by atoms with Gasteiger partial charge in [0.1, 0.15) is 5.82 Å². The second kappa shape index (κ2) is 6.33. The zero-order chi connectivity index (χ0) is 15.6. The van der Waals surface area contributed by atoms with Crippen LogP contribution >= 0.6 is 0 Å². The van der Waals surface area contributed by atoms with Crippen LogP contribution in [0.5, 0.6) is 0 Å². The number of likely N-dealkylation sites (tertiary alicyclic amines) is 1. The SMILES string of the molecule is CCNS(=O)(=O)[C@H]1CCN(Cc2cc(F)c(F)cc2F)C1. The topological polar surface area (TPSA) is 49.4 Å². The predicted octanol–water partition coefficient (Wildman–Crippen LogP) is 1.62. The Morgan fingerprint density at radius 2 is 1.90 bits per heavy atom. The molecule has 1 heterocycles. The van der Waals surface area contributed by atoms with Crippen LogP contribution in [0.3, 0.4) is 0 Å². The minimum atomic E-state index is -3.38. The van der Waals surface area contributed by atoms with Gasteiger partial charge in [-0.25, -0.2) is 26.3 Å². The average Bonchev–Trinajstić information content (AvgIpc) is 2.85. The fourth-order valence-corrected chi connectivity index (χ4v) is 3.90. The van der Waals surface area contributed by atoms with Crippen molar-refractivity contribution in [1.29, 1.82) is 0 Å². The maximum Gasteiger partial charge on any atom is 0.215 e. The summed E-state index contributed by atoms with van der Waals surface area (Å²) in [5.41, 5.74) is 0.0235. The molecular weight excluding hydrogens is 305 g/mol. The van der Waals surface area contributed by atoms with E-state index < -0.39 is 32.7 Å². The van der Waals surface area contributed by atoms with Crippen LogP contribution in [0.1, 0.15) is 18.9 Å². The highest BCUT2D eigenvalue weighted by Crippen LogP contribution is 2.21. The number of sulfonamides is 1. The number of hydrogen-bond donors (Lipinski definition) is 1. The molecule has 0 aliphatic carbocycles. The third kappa shape index (κ3) is 3.75. The zero-order valence-electron chi connectivity index (χ0n) is 11.6. The van der Waals surface area contributed by atoms with Crippen LogP contribution in [0.25, 0.3) is 0 Å². The molecule has 0 spiro atoms. The molecule has 1 fully saturated rings. The zero-order valence-corrected chi connectivity index (χ0v) is 12.4. The lowest BCUT2D eigenvalue weighted by atomic mass is 10.2. The highest BCUT2D eigenvalue weighted by Gasteiger charge is 2.32. The Hall–Kier alpha value is -1.12. The van der Waals surface area contributed by atoms with E-state index in [1.807, 2.05) is 0 Å². The van der Waals surface area contributed by atoms with E-state index in [1.54, 1.807) is 11.8 Å². The van der Waals surface area contributed by atoms with Gasteiger partial charge in [-0.05, 0) is 19.0 Å². The fourth-order valence-electron chi connectivity index (χ4n) is 2.44. The molecule has 0 amide bonds. The van der Waals surface area contributed by atoms with Gasteiger partial charge >= 0.3 is 0 Å². The van der Waals surface area contributed by atoms with Gasteiger partial charge in [0.05, 0.1) is 5.25 Å². The molecule has 0 saturated carbocycles. The first kappa shape index (κ1) is 16.3. The standard InChI is InChI=1S/C13H17F3N2O2S/c1-2-17-21(19,20)10-3-4-18(8-10)7-9-5-12(15)13(16)6-11(9)14/h5-6,10,17H,2-4,7-8H2,1H3/t10-/m0/s1. The van der Waals surface area contributed by atoms with Crippen molar-refractivity contribution in [3.05, 3.63) is 35.1 Å². The highest BCUT2D eigenvalue weighted by molar-refractivity contribution is 7.90. The Morgan fingerprint density at radius 1 is 1.24 bits per heavy atom. The Bertz CT molecular complexity index is 622. The molecule has 0 radical (unpaired) electrons. The summed E-state index contributed by atoms with van der Waals surface area (Å²) in [4.78, 5) is 1.72. The molecule has 1 aromatic carbocycles. The summed E-state index contributed by atoms with van der Waals surface area (Å²) in [6.07, 6.45) is 0.431. The van der Waals surface area contributed by atoms with Crippen LogP contribution in [-0.4, -0.2) is 38.2 Å². The first-order chi connectivity index (χ1) is 9.83. The quantitative estimate of drug-likeness (QED) is 0.838. The monoisotopic (exact) mass is 322 g/mol. The van der Waals surface area contributed by atoms with E-state index in [0.717, 1.165) is 6.07 Å². The van der Waals surface area contributed by atoms with Crippen LogP contribution in [0.2, 0.25) is 0 Å². The number of nitrogens with one attached hydrogen (secondary N) is 1. The second-order valence-electron chi connectivity index (χ2n) is 5.05. The van der Waals surface area contributed by atoms with Crippen molar-refractivity contribution in [3.8, 4) is 0 Å². The van der Waals surface area contributed by atoms with Gasteiger partial charge in [0.25, 0.3) is 0 Å². The molecule has 118 valence electrons. The summed E-state index contributed by atoms with van der Waals surface area (Å²) in [6.45, 7) is 2.78. The van der Waals surface area contributed by atoms with E-state index in [9.17, 15) is 21.6 Å². The van der Waals surface area contributed by atoms with Crippen LogP contribution in [0, 0.1) is 17.5 Å². The molecular formula is C13H17F3N2O2S. The van der Waals surface area contributed by atoms with Crippen LogP contribution in [0.4, 0.5) is 13.2 Å². The summed E-state index contributed by atoms with van der Waals surface area (Å²) in [6, 6.07) is 1.32. The number of rotatable bonds is 5. The maximum atomic E-state index is 13.6. The molecule has 1 saturated heterocycles. The maximum absolute atomic E-state index is 13.6. The molecule has 0 bridgehead atoms. The molecule has 1 aromatic rings. The summed E-state index contributed by atoms with van der Waals surface area (Å²) < 4.78 is 65.8. The van der Waals surface area contributed by atoms with Crippen molar-refractivity contribution in [2.24, 2.45) is 0 Å². The first-order valence-corrected chi connectivity index (χ1v) is 8.22. The lowest BCUT2D eigenvalue weighted by Crippen LogP contribution is -2.36. The molecule has 4 nitrogen and oxygen atoms in total. The minimum absolute atomic E-state index is 0.0235. The summed E-state index contributed by atoms with van der Waals surface area (Å²) in [5, 5.41) is -0.564. The summed E-state index contributed by atoms with van der Waals surface area (Å²) in [5.74, 6) is -3.17. The summed E-state index contributed by atoms with van der Waals surface area (Å²) in [7, 11) is -3.38. The number of nitrogens with zero attached hydrogens (tertiary/aromatic N) is 1. The van der Waals surface area contributed by atoms with Gasteiger partial charge in [0, 0.05) is 31.3 Å². The van der Waals surface area contributed by atoms with E-state index in [0.29, 0.717) is 25.6 Å². The van der Waals surface area contributed by atoms with E-state index in [-0.39, 0.29) is 18.7 Å². The van der Waals surface area contributed by atoms with Crippen molar-refractivity contribution >= 4 is 10.0 Å². The third-order valence-corrected chi connectivity index (χ3v) is 5.45. The van der Waals surface area contributed by atoms with E-state index in [4.69, 9.17) is 0 Å². The predicted molar refractivity (Wildman–Crippen MR) is 72.6 cm³/mol. The van der Waals surface area contributed by atoms with Gasteiger partial charge < -0.3 is 0 Å². The van der Waals surface area contributed by atoms with Gasteiger partial charge in [-0.2, -0.15) is 0 Å². The largest absolute Gasteiger partial charge is 0.298 e. The smallest absolute Gasteiger partial charge is 0.215 e. The van der Waals surface area contributed by atoms with Gasteiger partial charge in [0.15, 0.2) is 11.6 Å². The molecule has 1 aliphatic rings. The van der Waals surface area contributed by atoms with Gasteiger partial charge in [-0.15, -0.1) is 0 Å². The van der Waals surface area contributed by atoms with Crippen molar-refractivity contribution < 1.29 is 21.6 Å². The van der Waals surface area contributed by atoms with E-state index >= 15 is 0 Å². The lowest BCUT2D eigenvalue weighted by Gasteiger charge is -2.17. The molecule has 8 heteroatoms. The van der Waals surface area contributed by atoms with Gasteiger partial charge in [0.2, 0.25) is 10.0 Å². The fraction of sp³-hybridized carbons (Fsp3) is 0.538. The van der Waals surface area contributed by atoms with Crippen molar-refractivity contribution in [2.75, 3.05) is 19.6 Å². The molecule has 1 atom stereocenters. The number of halogens is 3. The van der Waals surface area contributed by atoms with E-state index in [2.05, 4.69) is 4.72 Å². The molecule has 21 heavy (non-hydrogen) atoms. The highest BCUT2D eigenvalue weighted by atomic mass is 32.2. The lowest BCUT2D eigenvalue weighted by molar-refractivity contribution is 0.323. The molecule has 0 aromatic heterocycles. The first-order valence-electron chi connectivity index (χ1n) is 6.67. The Labute approximate surface area is 122 Å². The van der Waals surface area contributed by atoms with Gasteiger partial charge in [-0.3, -0.25) is 4.90 Å². The van der Waals surface area contributed by atoms with Crippen molar-refractivity contribution in [1.82, 2.24) is 9.62 Å². The molecule has 0 unspecified atom stereocenters. The molecule has 1 aliphatic heterocycles. The van der Waals surface area contributed by atoms with Crippen molar-refractivity contribution in [3.63, 3.8) is 0 Å². The Balaban J connectivity index is 2.05.